The highest BCUT2D eigenvalue weighted by molar-refractivity contribution is 6.30. The lowest BCUT2D eigenvalue weighted by Gasteiger charge is -2.21. The number of hydrogen-bond acceptors (Lipinski definition) is 1. The van der Waals surface area contributed by atoms with Gasteiger partial charge in [0, 0.05) is 4.91 Å². The average Bonchev–Trinajstić information content (AvgIpc) is 2.93. The van der Waals surface area contributed by atoms with Gasteiger partial charge in [0.25, 0.3) is 0 Å². The van der Waals surface area contributed by atoms with Crippen molar-refractivity contribution in [1.82, 2.24) is 0 Å². The van der Waals surface area contributed by atoms with Crippen molar-refractivity contribution in [3.63, 3.8) is 0 Å². The molecule has 0 heterocycles. The number of nitrogens with zero attached hydrogens (tertiary/aromatic N) is 3. The van der Waals surface area contributed by atoms with Crippen molar-refractivity contribution < 1.29 is 22.0 Å². The summed E-state index contributed by atoms with van der Waals surface area (Å²) in [5, 5.41) is 2.65. The SMILES string of the molecule is [N-]=[N+]=NC(c1ccc(F)c(Cl)c1F)C1CCC(C(F)(F)F)C1. The Balaban J connectivity index is 2.33. The average molecular weight is 340 g/mol. The zero-order valence-electron chi connectivity index (χ0n) is 11.1. The van der Waals surface area contributed by atoms with Crippen molar-refractivity contribution in [3.05, 3.63) is 44.8 Å². The Morgan fingerprint density at radius 2 is 1.95 bits per heavy atom. The first-order chi connectivity index (χ1) is 10.3. The highest BCUT2D eigenvalue weighted by atomic mass is 35.5. The van der Waals surface area contributed by atoms with Crippen LogP contribution in [0.4, 0.5) is 22.0 Å². The van der Waals surface area contributed by atoms with Crippen LogP contribution in [0.25, 0.3) is 10.4 Å². The third kappa shape index (κ3) is 3.28. The zero-order chi connectivity index (χ0) is 16.5. The van der Waals surface area contributed by atoms with Crippen LogP contribution in [0, 0.1) is 23.5 Å². The monoisotopic (exact) mass is 339 g/mol. The molecule has 1 aromatic rings. The number of azide groups is 1. The Bertz CT molecular complexity index is 612. The smallest absolute Gasteiger partial charge is 0.205 e. The van der Waals surface area contributed by atoms with Crippen molar-refractivity contribution in [2.75, 3.05) is 0 Å². The normalized spacial score (nSPS) is 23.2. The van der Waals surface area contributed by atoms with E-state index in [1.165, 1.54) is 0 Å². The van der Waals surface area contributed by atoms with Crippen LogP contribution >= 0.6 is 11.6 Å². The number of benzene rings is 1. The molecule has 1 fully saturated rings. The summed E-state index contributed by atoms with van der Waals surface area (Å²) in [6.45, 7) is 0. The molecule has 3 atom stereocenters. The highest BCUT2D eigenvalue weighted by Crippen LogP contribution is 2.48. The quantitative estimate of drug-likeness (QED) is 0.215. The van der Waals surface area contributed by atoms with Gasteiger partial charge < -0.3 is 0 Å². The van der Waals surface area contributed by atoms with Gasteiger partial charge in [-0.05, 0) is 42.3 Å². The molecule has 22 heavy (non-hydrogen) atoms. The van der Waals surface area contributed by atoms with Gasteiger partial charge in [-0.3, -0.25) is 0 Å². The second-order valence-corrected chi connectivity index (χ2v) is 5.60. The van der Waals surface area contributed by atoms with Gasteiger partial charge >= 0.3 is 6.18 Å². The lowest BCUT2D eigenvalue weighted by atomic mass is 9.91. The van der Waals surface area contributed by atoms with Gasteiger partial charge in [-0.1, -0.05) is 22.8 Å². The fourth-order valence-corrected chi connectivity index (χ4v) is 3.01. The molecule has 1 aliphatic carbocycles. The highest BCUT2D eigenvalue weighted by Gasteiger charge is 2.46. The largest absolute Gasteiger partial charge is 0.391 e. The number of rotatable bonds is 3. The molecule has 3 unspecified atom stereocenters. The Morgan fingerprint density at radius 1 is 1.27 bits per heavy atom. The topological polar surface area (TPSA) is 48.8 Å². The maximum Gasteiger partial charge on any atom is 0.391 e. The molecule has 0 saturated heterocycles. The van der Waals surface area contributed by atoms with E-state index in [9.17, 15) is 22.0 Å². The third-order valence-electron chi connectivity index (χ3n) is 3.94. The molecule has 0 N–H and O–H groups in total. The molecule has 1 aliphatic rings. The molecular weight excluding hydrogens is 329 g/mol. The van der Waals surface area contributed by atoms with Gasteiger partial charge in [0.1, 0.15) is 16.7 Å². The van der Waals surface area contributed by atoms with Crippen molar-refractivity contribution in [2.24, 2.45) is 17.0 Å². The second kappa shape index (κ2) is 6.30. The van der Waals surface area contributed by atoms with Gasteiger partial charge in [0.15, 0.2) is 0 Å². The first-order valence-corrected chi connectivity index (χ1v) is 6.87. The summed E-state index contributed by atoms with van der Waals surface area (Å²) in [5.41, 5.74) is 8.42. The first-order valence-electron chi connectivity index (χ1n) is 6.50. The maximum atomic E-state index is 14.0. The minimum Gasteiger partial charge on any atom is -0.205 e. The standard InChI is InChI=1S/C13H11ClF5N3/c14-10-9(15)4-3-8(11(10)16)12(21-22-20)6-1-2-7(5-6)13(17,18)19/h3-4,6-7,12H,1-2,5H2. The predicted octanol–water partition coefficient (Wildman–Crippen LogP) is 5.95. The Morgan fingerprint density at radius 3 is 2.50 bits per heavy atom. The molecule has 2 rings (SSSR count). The van der Waals surface area contributed by atoms with Crippen molar-refractivity contribution in [2.45, 2.75) is 31.5 Å². The van der Waals surface area contributed by atoms with Crippen LogP contribution in [0.1, 0.15) is 30.9 Å². The van der Waals surface area contributed by atoms with Crippen molar-refractivity contribution in [1.29, 1.82) is 0 Å². The van der Waals surface area contributed by atoms with Gasteiger partial charge in [0.2, 0.25) is 0 Å². The van der Waals surface area contributed by atoms with E-state index in [1.807, 2.05) is 0 Å². The summed E-state index contributed by atoms with van der Waals surface area (Å²) in [5.74, 6) is -4.26. The summed E-state index contributed by atoms with van der Waals surface area (Å²) in [6, 6.07) is 0.809. The molecule has 1 aromatic carbocycles. The molecule has 120 valence electrons. The molecule has 0 aliphatic heterocycles. The summed E-state index contributed by atoms with van der Waals surface area (Å²) < 4.78 is 65.4. The predicted molar refractivity (Wildman–Crippen MR) is 70.1 cm³/mol. The van der Waals surface area contributed by atoms with Gasteiger partial charge in [-0.15, -0.1) is 0 Å². The van der Waals surface area contributed by atoms with Crippen molar-refractivity contribution >= 4 is 11.6 Å². The van der Waals surface area contributed by atoms with E-state index < -0.39 is 40.7 Å². The maximum absolute atomic E-state index is 14.0. The van der Waals surface area contributed by atoms with E-state index in [-0.39, 0.29) is 24.8 Å². The van der Waals surface area contributed by atoms with E-state index in [0.29, 0.717) is 0 Å². The van der Waals surface area contributed by atoms with E-state index >= 15 is 0 Å². The summed E-state index contributed by atoms with van der Waals surface area (Å²) in [7, 11) is 0. The second-order valence-electron chi connectivity index (χ2n) is 5.23. The summed E-state index contributed by atoms with van der Waals surface area (Å²) in [4.78, 5) is 2.58. The van der Waals surface area contributed by atoms with E-state index in [1.54, 1.807) is 0 Å². The minimum absolute atomic E-state index is 0.109. The summed E-state index contributed by atoms with van der Waals surface area (Å²) in [6.07, 6.45) is -4.57. The third-order valence-corrected chi connectivity index (χ3v) is 4.29. The first kappa shape index (κ1) is 16.8. The van der Waals surface area contributed by atoms with Gasteiger partial charge in [-0.2, -0.15) is 13.2 Å². The Kier molecular flexibility index (Phi) is 4.82. The van der Waals surface area contributed by atoms with Crippen molar-refractivity contribution in [3.8, 4) is 0 Å². The van der Waals surface area contributed by atoms with E-state index in [2.05, 4.69) is 10.0 Å². The lowest BCUT2D eigenvalue weighted by molar-refractivity contribution is -0.173. The van der Waals surface area contributed by atoms with Gasteiger partial charge in [0.05, 0.1) is 12.0 Å². The van der Waals surface area contributed by atoms with Crippen LogP contribution in [-0.2, 0) is 0 Å². The van der Waals surface area contributed by atoms with Gasteiger partial charge in [-0.25, -0.2) is 8.78 Å². The van der Waals surface area contributed by atoms with Crippen LogP contribution in [0.3, 0.4) is 0 Å². The number of hydrogen-bond donors (Lipinski definition) is 0. The number of alkyl halides is 3. The van der Waals surface area contributed by atoms with Crippen LogP contribution in [-0.4, -0.2) is 6.18 Å². The molecule has 0 spiro atoms. The molecule has 1 saturated carbocycles. The molecule has 9 heteroatoms. The van der Waals surface area contributed by atoms with Crippen LogP contribution < -0.4 is 0 Å². The van der Waals surface area contributed by atoms with Crippen LogP contribution in [0.2, 0.25) is 5.02 Å². The molecular formula is C13H11ClF5N3. The fourth-order valence-electron chi connectivity index (χ4n) is 2.84. The zero-order valence-corrected chi connectivity index (χ0v) is 11.9. The fraction of sp³-hybridized carbons (Fsp3) is 0.538. The van der Waals surface area contributed by atoms with Crippen LogP contribution in [0.5, 0.6) is 0 Å². The number of halogens is 6. The molecule has 0 aromatic heterocycles. The van der Waals surface area contributed by atoms with E-state index in [0.717, 1.165) is 12.1 Å². The summed E-state index contributed by atoms with van der Waals surface area (Å²) >= 11 is 5.47. The minimum atomic E-state index is -4.34. The Hall–Kier alpha value is -1.53. The Labute approximate surface area is 127 Å². The van der Waals surface area contributed by atoms with E-state index in [4.69, 9.17) is 17.1 Å². The lowest BCUT2D eigenvalue weighted by Crippen LogP contribution is -2.21. The molecule has 0 bridgehead atoms. The van der Waals surface area contributed by atoms with Crippen LogP contribution in [0.15, 0.2) is 17.2 Å². The molecule has 0 amide bonds. The molecule has 0 radical (unpaired) electrons. The molecule has 3 nitrogen and oxygen atoms in total.